The van der Waals surface area contributed by atoms with Crippen LogP contribution in [0.15, 0.2) is 48.7 Å². The number of nitrogens with one attached hydrogen (secondary N) is 1. The van der Waals surface area contributed by atoms with Crippen LogP contribution in [0, 0.1) is 17.2 Å². The number of urea groups is 1. The third-order valence-corrected chi connectivity index (χ3v) is 5.99. The summed E-state index contributed by atoms with van der Waals surface area (Å²) < 4.78 is 13.3. The molecule has 0 bridgehead atoms. The summed E-state index contributed by atoms with van der Waals surface area (Å²) in [6, 6.07) is 11.7. The number of carbonyl (C=O) groups excluding carboxylic acids is 2. The number of hydrogen-bond acceptors (Lipinski definition) is 3. The molecule has 6 nitrogen and oxygen atoms in total. The zero-order chi connectivity index (χ0) is 20.4. The molecule has 1 aromatic heterocycles. The molecule has 2 aliphatic rings. The number of carbonyl (C=O) groups is 2. The molecule has 7 heteroatoms. The summed E-state index contributed by atoms with van der Waals surface area (Å²) in [7, 11) is 1.81. The van der Waals surface area contributed by atoms with Crippen LogP contribution in [-0.2, 0) is 17.9 Å². The molecule has 2 aromatic rings. The van der Waals surface area contributed by atoms with Crippen molar-refractivity contribution in [2.75, 3.05) is 20.1 Å². The second-order valence-corrected chi connectivity index (χ2v) is 8.09. The van der Waals surface area contributed by atoms with Gasteiger partial charge >= 0.3 is 6.03 Å². The van der Waals surface area contributed by atoms with E-state index in [1.807, 2.05) is 18.2 Å². The van der Waals surface area contributed by atoms with Crippen LogP contribution in [0.4, 0.5) is 9.18 Å². The van der Waals surface area contributed by atoms with E-state index in [0.717, 1.165) is 24.1 Å². The molecule has 0 radical (unpaired) electrons. The largest absolute Gasteiger partial charge is 0.340 e. The Hall–Kier alpha value is -2.96. The van der Waals surface area contributed by atoms with Crippen LogP contribution < -0.4 is 5.32 Å². The standard InChI is InChI=1S/C22H25FN4O2/c1-26(14-18-7-2-3-9-24-18)20(28)19-12-22(19)8-10-27(15-22)21(29)25-13-16-5-4-6-17(23)11-16/h2-7,9,11,19H,8,10,12-15H2,1H3,(H,25,29). The van der Waals surface area contributed by atoms with Crippen LogP contribution in [0.25, 0.3) is 0 Å². The monoisotopic (exact) mass is 396 g/mol. The third kappa shape index (κ3) is 4.23. The first-order valence-electron chi connectivity index (χ1n) is 9.89. The molecule has 1 spiro atoms. The summed E-state index contributed by atoms with van der Waals surface area (Å²) in [5.41, 5.74) is 1.50. The van der Waals surface area contributed by atoms with Gasteiger partial charge in [0.05, 0.1) is 12.2 Å². The number of rotatable bonds is 5. The fraction of sp³-hybridized carbons (Fsp3) is 0.409. The van der Waals surface area contributed by atoms with E-state index in [2.05, 4.69) is 10.3 Å². The van der Waals surface area contributed by atoms with Gasteiger partial charge in [-0.1, -0.05) is 18.2 Å². The second-order valence-electron chi connectivity index (χ2n) is 8.09. The zero-order valence-corrected chi connectivity index (χ0v) is 16.5. The average Bonchev–Trinajstić information content (AvgIpc) is 3.25. The van der Waals surface area contributed by atoms with Crippen molar-refractivity contribution in [3.05, 3.63) is 65.7 Å². The van der Waals surface area contributed by atoms with E-state index < -0.39 is 0 Å². The van der Waals surface area contributed by atoms with Gasteiger partial charge in [0.15, 0.2) is 0 Å². The molecular weight excluding hydrogens is 371 g/mol. The molecule has 1 aromatic carbocycles. The summed E-state index contributed by atoms with van der Waals surface area (Å²) >= 11 is 0. The highest BCUT2D eigenvalue weighted by Crippen LogP contribution is 2.59. The Morgan fingerprint density at radius 2 is 2.17 bits per heavy atom. The first kappa shape index (κ1) is 19.4. The van der Waals surface area contributed by atoms with E-state index in [1.54, 1.807) is 35.2 Å². The van der Waals surface area contributed by atoms with E-state index in [1.165, 1.54) is 12.1 Å². The Morgan fingerprint density at radius 1 is 1.31 bits per heavy atom. The molecule has 152 valence electrons. The van der Waals surface area contributed by atoms with Gasteiger partial charge in [-0.25, -0.2) is 9.18 Å². The number of nitrogens with zero attached hydrogens (tertiary/aromatic N) is 3. The molecule has 1 aliphatic heterocycles. The van der Waals surface area contributed by atoms with Gasteiger partial charge in [0, 0.05) is 44.2 Å². The molecule has 3 amide bonds. The number of aromatic nitrogens is 1. The summed E-state index contributed by atoms with van der Waals surface area (Å²) in [5.74, 6) is -0.221. The lowest BCUT2D eigenvalue weighted by atomic mass is 10.0. The van der Waals surface area contributed by atoms with Gasteiger partial charge < -0.3 is 15.1 Å². The van der Waals surface area contributed by atoms with Crippen molar-refractivity contribution in [3.8, 4) is 0 Å². The molecule has 1 saturated heterocycles. The fourth-order valence-corrected chi connectivity index (χ4v) is 4.23. The van der Waals surface area contributed by atoms with E-state index in [0.29, 0.717) is 19.6 Å². The van der Waals surface area contributed by atoms with Crippen LogP contribution in [0.1, 0.15) is 24.1 Å². The van der Waals surface area contributed by atoms with Crippen molar-refractivity contribution in [1.29, 1.82) is 0 Å². The molecule has 4 rings (SSSR count). The van der Waals surface area contributed by atoms with Crippen LogP contribution >= 0.6 is 0 Å². The van der Waals surface area contributed by atoms with Crippen LogP contribution in [-0.4, -0.2) is 46.9 Å². The number of benzene rings is 1. The highest BCUT2D eigenvalue weighted by atomic mass is 19.1. The van der Waals surface area contributed by atoms with Crippen LogP contribution in [0.3, 0.4) is 0 Å². The predicted octanol–water partition coefficient (Wildman–Crippen LogP) is 2.80. The van der Waals surface area contributed by atoms with Gasteiger partial charge in [-0.2, -0.15) is 0 Å². The highest BCUT2D eigenvalue weighted by molar-refractivity contribution is 5.83. The average molecular weight is 396 g/mol. The lowest BCUT2D eigenvalue weighted by molar-refractivity contribution is -0.132. The molecule has 2 heterocycles. The fourth-order valence-electron chi connectivity index (χ4n) is 4.23. The van der Waals surface area contributed by atoms with Crippen LogP contribution in [0.2, 0.25) is 0 Å². The Balaban J connectivity index is 1.28. The SMILES string of the molecule is CN(Cc1ccccn1)C(=O)C1CC12CCN(C(=O)NCc1cccc(F)c1)C2. The Labute approximate surface area is 169 Å². The van der Waals surface area contributed by atoms with Crippen LogP contribution in [0.5, 0.6) is 0 Å². The summed E-state index contributed by atoms with van der Waals surface area (Å²) in [6.07, 6.45) is 3.39. The minimum atomic E-state index is -0.314. The topological polar surface area (TPSA) is 65.5 Å². The zero-order valence-electron chi connectivity index (χ0n) is 16.5. The van der Waals surface area contributed by atoms with Crippen molar-refractivity contribution >= 4 is 11.9 Å². The smallest absolute Gasteiger partial charge is 0.317 e. The maximum atomic E-state index is 13.3. The van der Waals surface area contributed by atoms with Gasteiger partial charge in [0.25, 0.3) is 0 Å². The van der Waals surface area contributed by atoms with Gasteiger partial charge in [-0.3, -0.25) is 9.78 Å². The Bertz CT molecular complexity index is 907. The number of likely N-dealkylation sites (tertiary alicyclic amines) is 1. The number of pyridine rings is 1. The molecule has 2 atom stereocenters. The summed E-state index contributed by atoms with van der Waals surface area (Å²) in [4.78, 5) is 33.1. The molecule has 1 N–H and O–H groups in total. The molecule has 1 aliphatic carbocycles. The van der Waals surface area contributed by atoms with E-state index in [4.69, 9.17) is 0 Å². The van der Waals surface area contributed by atoms with Crippen molar-refractivity contribution < 1.29 is 14.0 Å². The number of halogens is 1. The Kier molecular flexibility index (Phi) is 5.22. The minimum absolute atomic E-state index is 0.0303. The highest BCUT2D eigenvalue weighted by Gasteiger charge is 2.61. The molecule has 1 saturated carbocycles. The first-order chi connectivity index (χ1) is 14.0. The van der Waals surface area contributed by atoms with Crippen molar-refractivity contribution in [2.24, 2.45) is 11.3 Å². The molecule has 2 unspecified atom stereocenters. The number of hydrogen-bond donors (Lipinski definition) is 1. The Morgan fingerprint density at radius 3 is 2.93 bits per heavy atom. The minimum Gasteiger partial charge on any atom is -0.340 e. The van der Waals surface area contributed by atoms with E-state index >= 15 is 0 Å². The number of amides is 3. The second kappa shape index (κ2) is 7.81. The van der Waals surface area contributed by atoms with Crippen molar-refractivity contribution in [2.45, 2.75) is 25.9 Å². The van der Waals surface area contributed by atoms with Gasteiger partial charge in [-0.05, 0) is 42.7 Å². The molecule has 29 heavy (non-hydrogen) atoms. The maximum absolute atomic E-state index is 13.3. The predicted molar refractivity (Wildman–Crippen MR) is 106 cm³/mol. The first-order valence-corrected chi connectivity index (χ1v) is 9.89. The van der Waals surface area contributed by atoms with Gasteiger partial charge in [0.1, 0.15) is 5.82 Å². The molecular formula is C22H25FN4O2. The van der Waals surface area contributed by atoms with E-state index in [9.17, 15) is 14.0 Å². The molecule has 2 fully saturated rings. The maximum Gasteiger partial charge on any atom is 0.317 e. The van der Waals surface area contributed by atoms with E-state index in [-0.39, 0.29) is 35.6 Å². The normalized spacial score (nSPS) is 22.6. The van der Waals surface area contributed by atoms with Crippen molar-refractivity contribution in [1.82, 2.24) is 20.1 Å². The summed E-state index contributed by atoms with van der Waals surface area (Å²) in [6.45, 7) is 2.01. The lowest BCUT2D eigenvalue weighted by Gasteiger charge is -2.20. The van der Waals surface area contributed by atoms with Gasteiger partial charge in [0.2, 0.25) is 5.91 Å². The lowest BCUT2D eigenvalue weighted by Crippen LogP contribution is -2.38. The quantitative estimate of drug-likeness (QED) is 0.845. The van der Waals surface area contributed by atoms with Gasteiger partial charge in [-0.15, -0.1) is 0 Å². The summed E-state index contributed by atoms with van der Waals surface area (Å²) in [5, 5.41) is 2.85. The third-order valence-electron chi connectivity index (χ3n) is 5.99. The van der Waals surface area contributed by atoms with Crippen molar-refractivity contribution in [3.63, 3.8) is 0 Å².